The molecule has 0 spiro atoms. The van der Waals surface area contributed by atoms with Crippen LogP contribution in [0.25, 0.3) is 10.6 Å². The summed E-state index contributed by atoms with van der Waals surface area (Å²) in [7, 11) is 0. The highest BCUT2D eigenvalue weighted by Gasteiger charge is 2.20. The first-order valence-corrected chi connectivity index (χ1v) is 6.84. The molecule has 1 aliphatic rings. The smallest absolute Gasteiger partial charge is 0.269 e. The van der Waals surface area contributed by atoms with E-state index in [1.165, 1.54) is 36.3 Å². The highest BCUT2D eigenvalue weighted by Crippen LogP contribution is 2.26. The second kappa shape index (κ2) is 5.02. The fourth-order valence-corrected chi connectivity index (χ4v) is 2.48. The van der Waals surface area contributed by atoms with E-state index < -0.39 is 4.92 Å². The van der Waals surface area contributed by atoms with Crippen LogP contribution >= 0.6 is 11.3 Å². The van der Waals surface area contributed by atoms with Gasteiger partial charge in [0.25, 0.3) is 5.69 Å². The Kier molecular flexibility index (Phi) is 3.22. The SMILES string of the molecule is O=[N+]([O-])c1ccc(-c2nnc(CNC3CC3)s2)cc1. The van der Waals surface area contributed by atoms with Crippen LogP contribution in [0.4, 0.5) is 5.69 Å². The van der Waals surface area contributed by atoms with Crippen molar-refractivity contribution in [1.29, 1.82) is 0 Å². The number of nitrogens with one attached hydrogen (secondary N) is 1. The molecule has 1 fully saturated rings. The molecule has 1 N–H and O–H groups in total. The van der Waals surface area contributed by atoms with Crippen molar-refractivity contribution >= 4 is 17.0 Å². The number of hydrogen-bond donors (Lipinski definition) is 1. The Morgan fingerprint density at radius 2 is 2.05 bits per heavy atom. The summed E-state index contributed by atoms with van der Waals surface area (Å²) in [5, 5.41) is 23.9. The number of hydrogen-bond acceptors (Lipinski definition) is 6. The van der Waals surface area contributed by atoms with E-state index in [-0.39, 0.29) is 5.69 Å². The van der Waals surface area contributed by atoms with Crippen LogP contribution in [0.3, 0.4) is 0 Å². The van der Waals surface area contributed by atoms with Crippen LogP contribution in [-0.2, 0) is 6.54 Å². The zero-order valence-corrected chi connectivity index (χ0v) is 10.9. The van der Waals surface area contributed by atoms with Gasteiger partial charge in [0.15, 0.2) is 0 Å². The summed E-state index contributed by atoms with van der Waals surface area (Å²) in [6, 6.07) is 7.03. The van der Waals surface area contributed by atoms with Crippen molar-refractivity contribution in [3.8, 4) is 10.6 Å². The van der Waals surface area contributed by atoms with Crippen molar-refractivity contribution in [2.45, 2.75) is 25.4 Å². The van der Waals surface area contributed by atoms with Gasteiger partial charge < -0.3 is 5.32 Å². The molecule has 0 radical (unpaired) electrons. The van der Waals surface area contributed by atoms with Gasteiger partial charge in [-0.15, -0.1) is 10.2 Å². The van der Waals surface area contributed by atoms with Crippen molar-refractivity contribution < 1.29 is 4.92 Å². The first-order chi connectivity index (χ1) is 9.22. The van der Waals surface area contributed by atoms with Gasteiger partial charge in [0.2, 0.25) is 0 Å². The molecule has 19 heavy (non-hydrogen) atoms. The number of aromatic nitrogens is 2. The predicted molar refractivity (Wildman–Crippen MR) is 71.9 cm³/mol. The molecule has 0 unspecified atom stereocenters. The standard InChI is InChI=1S/C12H12N4O2S/c17-16(18)10-5-1-8(2-6-10)12-15-14-11(19-12)7-13-9-3-4-9/h1-2,5-6,9,13H,3-4,7H2. The van der Waals surface area contributed by atoms with Crippen LogP contribution in [0, 0.1) is 10.1 Å². The Bertz CT molecular complexity index is 592. The van der Waals surface area contributed by atoms with E-state index in [0.29, 0.717) is 6.04 Å². The summed E-state index contributed by atoms with van der Waals surface area (Å²) >= 11 is 1.52. The van der Waals surface area contributed by atoms with Crippen molar-refractivity contribution in [2.24, 2.45) is 0 Å². The van der Waals surface area contributed by atoms with E-state index in [1.807, 2.05) is 0 Å². The topological polar surface area (TPSA) is 81.0 Å². The molecule has 6 nitrogen and oxygen atoms in total. The second-order valence-electron chi connectivity index (χ2n) is 4.46. The molecular weight excluding hydrogens is 264 g/mol. The summed E-state index contributed by atoms with van der Waals surface area (Å²) in [4.78, 5) is 10.2. The highest BCUT2D eigenvalue weighted by molar-refractivity contribution is 7.14. The minimum atomic E-state index is -0.408. The fourth-order valence-electron chi connectivity index (χ4n) is 1.69. The summed E-state index contributed by atoms with van der Waals surface area (Å²) < 4.78 is 0. The molecule has 3 rings (SSSR count). The van der Waals surface area contributed by atoms with E-state index in [4.69, 9.17) is 0 Å². The van der Waals surface area contributed by atoms with Gasteiger partial charge in [0.1, 0.15) is 10.0 Å². The fraction of sp³-hybridized carbons (Fsp3) is 0.333. The molecule has 0 aliphatic heterocycles. The predicted octanol–water partition coefficient (Wildman–Crippen LogP) is 2.37. The van der Waals surface area contributed by atoms with Gasteiger partial charge in [-0.05, 0) is 25.0 Å². The monoisotopic (exact) mass is 276 g/mol. The maximum Gasteiger partial charge on any atom is 0.269 e. The molecule has 0 saturated heterocycles. The minimum Gasteiger partial charge on any atom is -0.308 e. The van der Waals surface area contributed by atoms with Crippen LogP contribution in [0.15, 0.2) is 24.3 Å². The zero-order valence-electron chi connectivity index (χ0n) is 10.1. The number of rotatable bonds is 5. The van der Waals surface area contributed by atoms with Gasteiger partial charge in [0.05, 0.1) is 4.92 Å². The number of nitrogens with zero attached hydrogens (tertiary/aromatic N) is 3. The Morgan fingerprint density at radius 3 is 2.68 bits per heavy atom. The Morgan fingerprint density at radius 1 is 1.32 bits per heavy atom. The first-order valence-electron chi connectivity index (χ1n) is 6.03. The highest BCUT2D eigenvalue weighted by atomic mass is 32.1. The van der Waals surface area contributed by atoms with Crippen molar-refractivity contribution in [3.63, 3.8) is 0 Å². The van der Waals surface area contributed by atoms with E-state index >= 15 is 0 Å². The second-order valence-corrected chi connectivity index (χ2v) is 5.52. The summed E-state index contributed by atoms with van der Waals surface area (Å²) in [6.45, 7) is 0.745. The molecule has 0 bridgehead atoms. The van der Waals surface area contributed by atoms with Gasteiger partial charge in [-0.2, -0.15) is 0 Å². The molecule has 98 valence electrons. The van der Waals surface area contributed by atoms with E-state index in [1.54, 1.807) is 12.1 Å². The Hall–Kier alpha value is -1.86. The van der Waals surface area contributed by atoms with Gasteiger partial charge in [0, 0.05) is 30.3 Å². The lowest BCUT2D eigenvalue weighted by atomic mass is 10.2. The van der Waals surface area contributed by atoms with E-state index in [2.05, 4.69) is 15.5 Å². The third-order valence-corrected chi connectivity index (χ3v) is 3.88. The third kappa shape index (κ3) is 2.94. The lowest BCUT2D eigenvalue weighted by Gasteiger charge is -1.96. The normalized spacial score (nSPS) is 14.5. The molecule has 1 saturated carbocycles. The van der Waals surface area contributed by atoms with Crippen LogP contribution in [0.2, 0.25) is 0 Å². The lowest BCUT2D eigenvalue weighted by Crippen LogP contribution is -2.14. The van der Waals surface area contributed by atoms with Crippen molar-refractivity contribution in [3.05, 3.63) is 39.4 Å². The van der Waals surface area contributed by atoms with Crippen LogP contribution < -0.4 is 5.32 Å². The Balaban J connectivity index is 1.71. The Labute approximate surface area is 113 Å². The number of benzene rings is 1. The summed E-state index contributed by atoms with van der Waals surface area (Å²) in [5.74, 6) is 0. The minimum absolute atomic E-state index is 0.0869. The quantitative estimate of drug-likeness (QED) is 0.669. The molecule has 1 aromatic carbocycles. The zero-order chi connectivity index (χ0) is 13.2. The molecule has 2 aromatic rings. The summed E-state index contributed by atoms with van der Waals surface area (Å²) in [6.07, 6.45) is 2.49. The first kappa shape index (κ1) is 12.2. The van der Waals surface area contributed by atoms with Crippen LogP contribution in [0.1, 0.15) is 17.8 Å². The molecule has 0 atom stereocenters. The average Bonchev–Trinajstić information content (AvgIpc) is 3.13. The average molecular weight is 276 g/mol. The molecule has 7 heteroatoms. The van der Waals surface area contributed by atoms with Gasteiger partial charge >= 0.3 is 0 Å². The number of non-ortho nitro benzene ring substituents is 1. The van der Waals surface area contributed by atoms with Crippen molar-refractivity contribution in [2.75, 3.05) is 0 Å². The molecule has 1 aliphatic carbocycles. The molecule has 1 heterocycles. The third-order valence-electron chi connectivity index (χ3n) is 2.91. The molecule has 0 amide bonds. The lowest BCUT2D eigenvalue weighted by molar-refractivity contribution is -0.384. The van der Waals surface area contributed by atoms with Gasteiger partial charge in [-0.1, -0.05) is 11.3 Å². The van der Waals surface area contributed by atoms with Crippen LogP contribution in [-0.4, -0.2) is 21.2 Å². The largest absolute Gasteiger partial charge is 0.308 e. The van der Waals surface area contributed by atoms with Gasteiger partial charge in [-0.3, -0.25) is 10.1 Å². The van der Waals surface area contributed by atoms with Crippen LogP contribution in [0.5, 0.6) is 0 Å². The maximum atomic E-state index is 10.6. The van der Waals surface area contributed by atoms with E-state index in [0.717, 1.165) is 22.1 Å². The van der Waals surface area contributed by atoms with Crippen molar-refractivity contribution in [1.82, 2.24) is 15.5 Å². The molecular formula is C12H12N4O2S. The number of nitro benzene ring substituents is 1. The molecule has 1 aromatic heterocycles. The van der Waals surface area contributed by atoms with Gasteiger partial charge in [-0.25, -0.2) is 0 Å². The number of nitro groups is 1. The van der Waals surface area contributed by atoms with E-state index in [9.17, 15) is 10.1 Å². The summed E-state index contributed by atoms with van der Waals surface area (Å²) in [5.41, 5.74) is 0.949. The maximum absolute atomic E-state index is 10.6.